The summed E-state index contributed by atoms with van der Waals surface area (Å²) in [7, 11) is 1.62. The number of ether oxygens (including phenoxy) is 1. The maximum Gasteiger partial charge on any atom is 0.123 e. The monoisotopic (exact) mass is 245 g/mol. The Balaban J connectivity index is 0.00000128. The molecule has 90 valence electrons. The van der Waals surface area contributed by atoms with Crippen molar-refractivity contribution in [3.8, 4) is 5.75 Å². The summed E-state index contributed by atoms with van der Waals surface area (Å²) in [5, 5.41) is 3.39. The maximum absolute atomic E-state index is 13.2. The summed E-state index contributed by atoms with van der Waals surface area (Å²) in [5.41, 5.74) is 0.942. The maximum atomic E-state index is 13.2. The van der Waals surface area contributed by atoms with Crippen molar-refractivity contribution < 1.29 is 9.13 Å². The fraction of sp³-hybridized carbons (Fsp3) is 0.500. The van der Waals surface area contributed by atoms with Crippen LogP contribution >= 0.6 is 12.4 Å². The van der Waals surface area contributed by atoms with E-state index in [9.17, 15) is 4.39 Å². The molecule has 4 heteroatoms. The van der Waals surface area contributed by atoms with E-state index in [2.05, 4.69) is 5.32 Å². The Labute approximate surface area is 102 Å². The molecule has 1 N–H and O–H groups in total. The first kappa shape index (κ1) is 13.3. The summed E-state index contributed by atoms with van der Waals surface area (Å²) in [6.07, 6.45) is 3.45. The summed E-state index contributed by atoms with van der Waals surface area (Å²) in [6.45, 7) is 1.00. The minimum absolute atomic E-state index is 0. The van der Waals surface area contributed by atoms with Gasteiger partial charge in [-0.2, -0.15) is 0 Å². The van der Waals surface area contributed by atoms with Gasteiger partial charge in [0.05, 0.1) is 7.11 Å². The molecule has 1 atom stereocenters. The standard InChI is InChI=1S/C12H16FNO.ClH/c1-15-12-6-5-9(13)8-10(12)11-4-2-3-7-14-11;/h5-6,8,11,14H,2-4,7H2,1H3;1H/t11-;/m1./s1. The second-order valence-corrected chi connectivity index (χ2v) is 3.89. The van der Waals surface area contributed by atoms with Gasteiger partial charge in [-0.1, -0.05) is 6.42 Å². The Hall–Kier alpha value is -0.800. The summed E-state index contributed by atoms with van der Waals surface area (Å²) in [4.78, 5) is 0. The van der Waals surface area contributed by atoms with Gasteiger partial charge in [-0.3, -0.25) is 0 Å². The molecular weight excluding hydrogens is 229 g/mol. The first-order chi connectivity index (χ1) is 7.31. The number of methoxy groups -OCH3 is 1. The van der Waals surface area contributed by atoms with Crippen LogP contribution < -0.4 is 10.1 Å². The quantitative estimate of drug-likeness (QED) is 0.865. The Morgan fingerprint density at radius 2 is 2.19 bits per heavy atom. The molecule has 0 radical (unpaired) electrons. The van der Waals surface area contributed by atoms with E-state index in [0.29, 0.717) is 0 Å². The minimum Gasteiger partial charge on any atom is -0.496 e. The molecule has 2 rings (SSSR count). The predicted molar refractivity (Wildman–Crippen MR) is 64.8 cm³/mol. The van der Waals surface area contributed by atoms with Crippen LogP contribution in [0.5, 0.6) is 5.75 Å². The highest BCUT2D eigenvalue weighted by molar-refractivity contribution is 5.85. The second-order valence-electron chi connectivity index (χ2n) is 3.89. The Bertz CT molecular complexity index is 340. The molecule has 1 aromatic rings. The molecule has 1 aliphatic rings. The van der Waals surface area contributed by atoms with Crippen LogP contribution in [-0.2, 0) is 0 Å². The van der Waals surface area contributed by atoms with Crippen molar-refractivity contribution in [2.75, 3.05) is 13.7 Å². The summed E-state index contributed by atoms with van der Waals surface area (Å²) >= 11 is 0. The lowest BCUT2D eigenvalue weighted by Gasteiger charge is -2.25. The third kappa shape index (κ3) is 2.86. The van der Waals surface area contributed by atoms with E-state index in [4.69, 9.17) is 4.74 Å². The molecule has 0 unspecified atom stereocenters. The normalized spacial score (nSPS) is 20.0. The molecule has 2 nitrogen and oxygen atoms in total. The van der Waals surface area contributed by atoms with E-state index in [1.807, 2.05) is 0 Å². The fourth-order valence-electron chi connectivity index (χ4n) is 2.09. The Morgan fingerprint density at radius 1 is 1.38 bits per heavy atom. The zero-order chi connectivity index (χ0) is 10.7. The zero-order valence-electron chi connectivity index (χ0n) is 9.33. The third-order valence-electron chi connectivity index (χ3n) is 2.88. The van der Waals surface area contributed by atoms with Gasteiger partial charge >= 0.3 is 0 Å². The smallest absolute Gasteiger partial charge is 0.123 e. The van der Waals surface area contributed by atoms with Crippen LogP contribution in [0.15, 0.2) is 18.2 Å². The molecule has 1 fully saturated rings. The molecule has 1 heterocycles. The number of nitrogens with one attached hydrogen (secondary N) is 1. The van der Waals surface area contributed by atoms with Gasteiger partial charge in [0.15, 0.2) is 0 Å². The van der Waals surface area contributed by atoms with Crippen molar-refractivity contribution >= 4 is 12.4 Å². The molecule has 0 amide bonds. The van der Waals surface area contributed by atoms with Crippen LogP contribution in [-0.4, -0.2) is 13.7 Å². The van der Waals surface area contributed by atoms with E-state index in [0.717, 1.165) is 24.3 Å². The van der Waals surface area contributed by atoms with Crippen LogP contribution in [0.1, 0.15) is 30.9 Å². The Morgan fingerprint density at radius 3 is 2.81 bits per heavy atom. The number of hydrogen-bond acceptors (Lipinski definition) is 2. The van der Waals surface area contributed by atoms with Gasteiger partial charge < -0.3 is 10.1 Å². The van der Waals surface area contributed by atoms with Crippen LogP contribution in [0, 0.1) is 5.82 Å². The van der Waals surface area contributed by atoms with E-state index in [1.165, 1.54) is 18.9 Å². The lowest BCUT2D eigenvalue weighted by molar-refractivity contribution is 0.372. The minimum atomic E-state index is -0.196. The summed E-state index contributed by atoms with van der Waals surface area (Å²) in [5.74, 6) is 0.578. The highest BCUT2D eigenvalue weighted by atomic mass is 35.5. The van der Waals surface area contributed by atoms with Crippen molar-refractivity contribution in [2.24, 2.45) is 0 Å². The first-order valence-corrected chi connectivity index (χ1v) is 5.38. The molecule has 0 aliphatic carbocycles. The molecule has 0 spiro atoms. The molecule has 16 heavy (non-hydrogen) atoms. The summed E-state index contributed by atoms with van der Waals surface area (Å²) < 4.78 is 18.4. The van der Waals surface area contributed by atoms with Gasteiger partial charge in [-0.15, -0.1) is 12.4 Å². The van der Waals surface area contributed by atoms with Gasteiger partial charge in [0.1, 0.15) is 11.6 Å². The van der Waals surface area contributed by atoms with Gasteiger partial charge in [0, 0.05) is 11.6 Å². The molecule has 0 saturated carbocycles. The highest BCUT2D eigenvalue weighted by Crippen LogP contribution is 2.30. The molecular formula is C12H17ClFNO. The molecule has 0 bridgehead atoms. The average molecular weight is 246 g/mol. The molecule has 1 aliphatic heterocycles. The molecule has 1 saturated heterocycles. The van der Waals surface area contributed by atoms with Crippen LogP contribution in [0.3, 0.4) is 0 Å². The number of rotatable bonds is 2. The van der Waals surface area contributed by atoms with E-state index in [-0.39, 0.29) is 24.3 Å². The Kier molecular flexibility index (Phi) is 5.03. The molecule has 1 aromatic carbocycles. The number of halogens is 2. The number of piperidine rings is 1. The largest absolute Gasteiger partial charge is 0.496 e. The van der Waals surface area contributed by atoms with Crippen molar-refractivity contribution in [3.63, 3.8) is 0 Å². The lowest BCUT2D eigenvalue weighted by Crippen LogP contribution is -2.27. The fourth-order valence-corrected chi connectivity index (χ4v) is 2.09. The lowest BCUT2D eigenvalue weighted by atomic mass is 9.97. The SMILES string of the molecule is COc1ccc(F)cc1[C@H]1CCCCN1.Cl. The molecule has 0 aromatic heterocycles. The second kappa shape index (κ2) is 6.06. The van der Waals surface area contributed by atoms with Crippen molar-refractivity contribution in [2.45, 2.75) is 25.3 Å². The summed E-state index contributed by atoms with van der Waals surface area (Å²) in [6, 6.07) is 4.94. The van der Waals surface area contributed by atoms with E-state index >= 15 is 0 Å². The van der Waals surface area contributed by atoms with E-state index < -0.39 is 0 Å². The van der Waals surface area contributed by atoms with Gasteiger partial charge in [0.25, 0.3) is 0 Å². The van der Waals surface area contributed by atoms with Crippen LogP contribution in [0.2, 0.25) is 0 Å². The number of hydrogen-bond donors (Lipinski definition) is 1. The zero-order valence-corrected chi connectivity index (χ0v) is 10.1. The average Bonchev–Trinajstić information content (AvgIpc) is 2.30. The van der Waals surface area contributed by atoms with Crippen LogP contribution in [0.4, 0.5) is 4.39 Å². The van der Waals surface area contributed by atoms with E-state index in [1.54, 1.807) is 19.2 Å². The van der Waals surface area contributed by atoms with Gasteiger partial charge in [0.2, 0.25) is 0 Å². The third-order valence-corrected chi connectivity index (χ3v) is 2.88. The highest BCUT2D eigenvalue weighted by Gasteiger charge is 2.18. The van der Waals surface area contributed by atoms with Crippen molar-refractivity contribution in [1.29, 1.82) is 0 Å². The first-order valence-electron chi connectivity index (χ1n) is 5.38. The van der Waals surface area contributed by atoms with Crippen molar-refractivity contribution in [1.82, 2.24) is 5.32 Å². The number of benzene rings is 1. The van der Waals surface area contributed by atoms with Crippen LogP contribution in [0.25, 0.3) is 0 Å². The predicted octanol–water partition coefficient (Wildman–Crippen LogP) is 3.07. The van der Waals surface area contributed by atoms with Crippen molar-refractivity contribution in [3.05, 3.63) is 29.6 Å². The van der Waals surface area contributed by atoms with Gasteiger partial charge in [-0.05, 0) is 37.6 Å². The topological polar surface area (TPSA) is 21.3 Å². The van der Waals surface area contributed by atoms with Gasteiger partial charge in [-0.25, -0.2) is 4.39 Å².